The van der Waals surface area contributed by atoms with Crippen molar-refractivity contribution in [1.29, 1.82) is 0 Å². The van der Waals surface area contributed by atoms with Crippen LogP contribution in [-0.2, 0) is 10.0 Å². The predicted molar refractivity (Wildman–Crippen MR) is 97.6 cm³/mol. The van der Waals surface area contributed by atoms with Crippen molar-refractivity contribution in [3.05, 3.63) is 24.5 Å². The average Bonchev–Trinajstić information content (AvgIpc) is 3.38. The van der Waals surface area contributed by atoms with Crippen molar-refractivity contribution < 1.29 is 8.42 Å². The van der Waals surface area contributed by atoms with Crippen LogP contribution in [0.15, 0.2) is 29.4 Å². The van der Waals surface area contributed by atoms with E-state index >= 15 is 0 Å². The fourth-order valence-corrected chi connectivity index (χ4v) is 5.90. The van der Waals surface area contributed by atoms with Gasteiger partial charge in [0.1, 0.15) is 4.90 Å². The van der Waals surface area contributed by atoms with E-state index in [2.05, 4.69) is 14.6 Å². The van der Waals surface area contributed by atoms with Gasteiger partial charge in [0.25, 0.3) is 0 Å². The molecule has 0 radical (unpaired) electrons. The topological polar surface area (TPSA) is 62.3 Å². The van der Waals surface area contributed by atoms with Gasteiger partial charge in [-0.3, -0.25) is 4.98 Å². The van der Waals surface area contributed by atoms with Crippen LogP contribution in [0.5, 0.6) is 0 Å². The molecule has 0 amide bonds. The number of likely N-dealkylation sites (tertiary alicyclic amines) is 1. The highest BCUT2D eigenvalue weighted by Gasteiger charge is 2.47. The second-order valence-electron chi connectivity index (χ2n) is 8.30. The third kappa shape index (κ3) is 3.91. The molecule has 3 fully saturated rings. The van der Waals surface area contributed by atoms with Gasteiger partial charge in [0.2, 0.25) is 10.0 Å². The number of rotatable bonds is 6. The fraction of sp³-hybridized carbons (Fsp3) is 0.737. The summed E-state index contributed by atoms with van der Waals surface area (Å²) in [5, 5.41) is 0. The van der Waals surface area contributed by atoms with Gasteiger partial charge in [-0.1, -0.05) is 19.3 Å². The first-order chi connectivity index (χ1) is 12.1. The van der Waals surface area contributed by atoms with E-state index in [1.165, 1.54) is 64.2 Å². The Morgan fingerprint density at radius 1 is 1.24 bits per heavy atom. The summed E-state index contributed by atoms with van der Waals surface area (Å²) in [5.74, 6) is 1.32. The second kappa shape index (κ2) is 6.97. The molecule has 1 unspecified atom stereocenters. The smallest absolute Gasteiger partial charge is 0.242 e. The molecule has 2 saturated carbocycles. The summed E-state index contributed by atoms with van der Waals surface area (Å²) < 4.78 is 28.0. The van der Waals surface area contributed by atoms with E-state index in [9.17, 15) is 8.42 Å². The summed E-state index contributed by atoms with van der Waals surface area (Å²) in [6.07, 6.45) is 12.2. The molecule has 1 atom stereocenters. The van der Waals surface area contributed by atoms with Crippen LogP contribution >= 0.6 is 0 Å². The van der Waals surface area contributed by atoms with E-state index in [0.717, 1.165) is 12.5 Å². The lowest BCUT2D eigenvalue weighted by molar-refractivity contribution is 0.140. The van der Waals surface area contributed by atoms with E-state index < -0.39 is 10.0 Å². The number of hydrogen-bond donors (Lipinski definition) is 1. The molecule has 1 aromatic heterocycles. The second-order valence-corrected chi connectivity index (χ2v) is 10.1. The van der Waals surface area contributed by atoms with Crippen LogP contribution in [0.2, 0.25) is 0 Å². The van der Waals surface area contributed by atoms with Gasteiger partial charge < -0.3 is 4.90 Å². The monoisotopic (exact) mass is 363 g/mol. The van der Waals surface area contributed by atoms with Gasteiger partial charge in [-0.2, -0.15) is 0 Å². The number of hydrogen-bond acceptors (Lipinski definition) is 4. The van der Waals surface area contributed by atoms with Crippen molar-refractivity contribution in [2.24, 2.45) is 17.3 Å². The van der Waals surface area contributed by atoms with E-state index in [1.54, 1.807) is 18.3 Å². The summed E-state index contributed by atoms with van der Waals surface area (Å²) in [7, 11) is -3.46. The molecule has 1 aliphatic heterocycles. The summed E-state index contributed by atoms with van der Waals surface area (Å²) in [6.45, 7) is 3.99. The Bertz CT molecular complexity index is 682. The number of sulfonamides is 1. The van der Waals surface area contributed by atoms with Crippen LogP contribution < -0.4 is 4.72 Å². The van der Waals surface area contributed by atoms with Crippen molar-refractivity contribution in [3.63, 3.8) is 0 Å². The van der Waals surface area contributed by atoms with Crippen LogP contribution in [0.4, 0.5) is 0 Å². The molecule has 1 spiro atoms. The molecule has 1 saturated heterocycles. The van der Waals surface area contributed by atoms with Crippen molar-refractivity contribution in [2.75, 3.05) is 26.2 Å². The fourth-order valence-electron chi connectivity index (χ4n) is 4.85. The lowest BCUT2D eigenvalue weighted by Gasteiger charge is -2.38. The lowest BCUT2D eigenvalue weighted by Crippen LogP contribution is -2.40. The van der Waals surface area contributed by atoms with Gasteiger partial charge in [-0.25, -0.2) is 13.1 Å². The maximum Gasteiger partial charge on any atom is 0.242 e. The van der Waals surface area contributed by atoms with Crippen molar-refractivity contribution in [1.82, 2.24) is 14.6 Å². The molecule has 3 aliphatic rings. The molecule has 0 bridgehead atoms. The lowest BCUT2D eigenvalue weighted by atomic mass is 9.68. The third-order valence-electron chi connectivity index (χ3n) is 6.41. The Balaban J connectivity index is 1.45. The van der Waals surface area contributed by atoms with Gasteiger partial charge in [-0.05, 0) is 55.1 Å². The Labute approximate surface area is 151 Å². The Morgan fingerprint density at radius 3 is 2.72 bits per heavy atom. The molecule has 6 heteroatoms. The highest BCUT2D eigenvalue weighted by Crippen LogP contribution is 2.48. The standard InChI is InChI=1S/C19H29N3O2S/c23-25(24,18-5-4-10-20-12-18)21-11-17-14-22(13-16-6-7-16)15-19(17)8-2-1-3-9-19/h4-5,10,12,16-17,21H,1-3,6-9,11,13-15H2. The van der Waals surface area contributed by atoms with Crippen LogP contribution in [-0.4, -0.2) is 44.5 Å². The molecule has 1 N–H and O–H groups in total. The van der Waals surface area contributed by atoms with Crippen molar-refractivity contribution in [3.8, 4) is 0 Å². The van der Waals surface area contributed by atoms with Crippen molar-refractivity contribution >= 4 is 10.0 Å². The Morgan fingerprint density at radius 2 is 2.04 bits per heavy atom. The molecular formula is C19H29N3O2S. The molecule has 138 valence electrons. The van der Waals surface area contributed by atoms with Crippen LogP contribution in [0, 0.1) is 17.3 Å². The molecule has 0 aromatic carbocycles. The summed E-state index contributed by atoms with van der Waals surface area (Å²) >= 11 is 0. The zero-order valence-corrected chi connectivity index (χ0v) is 15.7. The van der Waals surface area contributed by atoms with Gasteiger partial charge in [0, 0.05) is 38.6 Å². The van der Waals surface area contributed by atoms with E-state index in [4.69, 9.17) is 0 Å². The highest BCUT2D eigenvalue weighted by atomic mass is 32.2. The minimum atomic E-state index is -3.46. The van der Waals surface area contributed by atoms with Gasteiger partial charge in [-0.15, -0.1) is 0 Å². The zero-order chi connectivity index (χ0) is 17.3. The van der Waals surface area contributed by atoms with Gasteiger partial charge >= 0.3 is 0 Å². The first-order valence-electron chi connectivity index (χ1n) is 9.69. The quantitative estimate of drug-likeness (QED) is 0.844. The molecule has 2 aliphatic carbocycles. The SMILES string of the molecule is O=S(=O)(NCC1CN(CC2CC2)CC12CCCCC2)c1cccnc1. The third-order valence-corrected chi connectivity index (χ3v) is 7.82. The maximum atomic E-state index is 12.6. The van der Waals surface area contributed by atoms with E-state index in [0.29, 0.717) is 17.9 Å². The normalized spacial score (nSPS) is 27.0. The minimum absolute atomic E-state index is 0.264. The number of nitrogens with one attached hydrogen (secondary N) is 1. The zero-order valence-electron chi connectivity index (χ0n) is 14.9. The molecule has 5 nitrogen and oxygen atoms in total. The molecule has 25 heavy (non-hydrogen) atoms. The number of aromatic nitrogens is 1. The number of nitrogens with zero attached hydrogens (tertiary/aromatic N) is 2. The average molecular weight is 364 g/mol. The Hall–Kier alpha value is -0.980. The van der Waals surface area contributed by atoms with Crippen molar-refractivity contribution in [2.45, 2.75) is 49.8 Å². The summed E-state index contributed by atoms with van der Waals surface area (Å²) in [5.41, 5.74) is 0.324. The van der Waals surface area contributed by atoms with Crippen LogP contribution in [0.3, 0.4) is 0 Å². The largest absolute Gasteiger partial charge is 0.302 e. The molecule has 1 aromatic rings. The predicted octanol–water partition coefficient (Wildman–Crippen LogP) is 2.65. The first kappa shape index (κ1) is 17.4. The molecule has 4 rings (SSSR count). The van der Waals surface area contributed by atoms with E-state index in [-0.39, 0.29) is 4.90 Å². The first-order valence-corrected chi connectivity index (χ1v) is 11.2. The minimum Gasteiger partial charge on any atom is -0.302 e. The number of pyridine rings is 1. The highest BCUT2D eigenvalue weighted by molar-refractivity contribution is 7.89. The van der Waals surface area contributed by atoms with Crippen LogP contribution in [0.1, 0.15) is 44.9 Å². The van der Waals surface area contributed by atoms with Gasteiger partial charge in [0.05, 0.1) is 0 Å². The summed E-state index contributed by atoms with van der Waals surface area (Å²) in [4.78, 5) is 6.82. The van der Waals surface area contributed by atoms with E-state index in [1.807, 2.05) is 0 Å². The Kier molecular flexibility index (Phi) is 4.86. The van der Waals surface area contributed by atoms with Gasteiger partial charge in [0.15, 0.2) is 0 Å². The van der Waals surface area contributed by atoms with Crippen LogP contribution in [0.25, 0.3) is 0 Å². The summed E-state index contributed by atoms with van der Waals surface area (Å²) in [6, 6.07) is 3.28. The molecular weight excluding hydrogens is 334 g/mol. The maximum absolute atomic E-state index is 12.6. The molecule has 2 heterocycles.